The Balaban J connectivity index is 1.98. The topological polar surface area (TPSA) is 73.4 Å². The summed E-state index contributed by atoms with van der Waals surface area (Å²) < 4.78 is 39.7. The van der Waals surface area contributed by atoms with Crippen LogP contribution < -0.4 is 5.32 Å². The van der Waals surface area contributed by atoms with Crippen LogP contribution in [0, 0.1) is 0 Å². The first-order valence-electron chi connectivity index (χ1n) is 9.80. The highest BCUT2D eigenvalue weighted by atomic mass is 35.5. The predicted molar refractivity (Wildman–Crippen MR) is 113 cm³/mol. The van der Waals surface area contributed by atoms with E-state index in [1.54, 1.807) is 13.2 Å². The first-order valence-corrected chi connectivity index (χ1v) is 10.2. The molecule has 0 fully saturated rings. The van der Waals surface area contributed by atoms with Gasteiger partial charge in [0.05, 0.1) is 34.1 Å². The number of hydrogen-bond donors (Lipinski definition) is 2. The quantitative estimate of drug-likeness (QED) is 0.663. The van der Waals surface area contributed by atoms with E-state index in [0.717, 1.165) is 28.7 Å². The van der Waals surface area contributed by atoms with Gasteiger partial charge in [0.1, 0.15) is 0 Å². The molecule has 1 aromatic heterocycles. The van der Waals surface area contributed by atoms with E-state index >= 15 is 0 Å². The minimum atomic E-state index is -4.64. The van der Waals surface area contributed by atoms with Crippen molar-refractivity contribution in [3.05, 3.63) is 63.6 Å². The Bertz CT molecular complexity index is 1010. The number of aromatic nitrogens is 2. The summed E-state index contributed by atoms with van der Waals surface area (Å²) in [5, 5.41) is 9.44. The van der Waals surface area contributed by atoms with E-state index in [9.17, 15) is 18.0 Å². The van der Waals surface area contributed by atoms with Crippen LogP contribution in [0.15, 0.2) is 46.7 Å². The molecule has 3 rings (SSSR count). The molecule has 0 bridgehead atoms. The van der Waals surface area contributed by atoms with E-state index in [0.29, 0.717) is 13.0 Å². The Labute approximate surface area is 183 Å². The number of aromatic amines is 1. The van der Waals surface area contributed by atoms with Crippen molar-refractivity contribution < 1.29 is 18.0 Å². The number of aliphatic imine (C=N–C) groups is 1. The van der Waals surface area contributed by atoms with Gasteiger partial charge in [-0.05, 0) is 38.5 Å². The molecule has 1 unspecified atom stereocenters. The first-order chi connectivity index (χ1) is 14.7. The Morgan fingerprint density at radius 3 is 2.71 bits per heavy atom. The predicted octanol–water partition coefficient (Wildman–Crippen LogP) is 4.30. The zero-order chi connectivity index (χ0) is 22.8. The zero-order valence-corrected chi connectivity index (χ0v) is 18.1. The third-order valence-corrected chi connectivity index (χ3v) is 5.59. The Hall–Kier alpha value is -2.81. The molecule has 0 radical (unpaired) electrons. The number of H-pyrrole nitrogens is 1. The molecule has 31 heavy (non-hydrogen) atoms. The number of hydrogen-bond acceptors (Lipinski definition) is 4. The fourth-order valence-electron chi connectivity index (χ4n) is 3.65. The molecule has 0 saturated carbocycles. The molecule has 0 aliphatic carbocycles. The number of nitrogens with zero attached hydrogens (tertiary/aromatic N) is 3. The summed E-state index contributed by atoms with van der Waals surface area (Å²) >= 11 is 5.99. The van der Waals surface area contributed by atoms with Crippen LogP contribution in [-0.2, 0) is 6.18 Å². The smallest absolute Gasteiger partial charge is 0.390 e. The molecular weight excluding hydrogens is 431 g/mol. The van der Waals surface area contributed by atoms with Crippen LogP contribution in [0.3, 0.4) is 0 Å². The van der Waals surface area contributed by atoms with Crippen LogP contribution in [0.5, 0.6) is 0 Å². The summed E-state index contributed by atoms with van der Waals surface area (Å²) in [6.45, 7) is 4.52. The van der Waals surface area contributed by atoms with Crippen molar-refractivity contribution in [3.63, 3.8) is 0 Å². The maximum Gasteiger partial charge on any atom is 0.417 e. The van der Waals surface area contributed by atoms with Crippen LogP contribution in [0.25, 0.3) is 0 Å². The lowest BCUT2D eigenvalue weighted by Crippen LogP contribution is -2.46. The number of nitrogens with one attached hydrogen (secondary N) is 2. The van der Waals surface area contributed by atoms with Crippen molar-refractivity contribution in [2.45, 2.75) is 32.5 Å². The van der Waals surface area contributed by atoms with Gasteiger partial charge >= 0.3 is 6.18 Å². The fourth-order valence-corrected chi connectivity index (χ4v) is 3.97. The van der Waals surface area contributed by atoms with Gasteiger partial charge < -0.3 is 10.2 Å². The van der Waals surface area contributed by atoms with Crippen molar-refractivity contribution in [3.8, 4) is 0 Å². The number of benzene rings is 1. The number of carbonyl (C=O) groups excluding carboxylic acids is 1. The second-order valence-corrected chi connectivity index (χ2v) is 7.53. The Morgan fingerprint density at radius 1 is 1.39 bits per heavy atom. The summed E-state index contributed by atoms with van der Waals surface area (Å²) in [6.07, 6.45) is -2.53. The monoisotopic (exact) mass is 453 g/mol. The van der Waals surface area contributed by atoms with E-state index in [1.807, 2.05) is 19.9 Å². The Kier molecular flexibility index (Phi) is 6.74. The third kappa shape index (κ3) is 4.61. The third-order valence-electron chi connectivity index (χ3n) is 5.18. The molecule has 2 N–H and O–H groups in total. The second kappa shape index (κ2) is 9.13. The van der Waals surface area contributed by atoms with Gasteiger partial charge in [-0.15, -0.1) is 0 Å². The van der Waals surface area contributed by atoms with Gasteiger partial charge in [-0.2, -0.15) is 18.3 Å². The molecule has 10 heteroatoms. The minimum absolute atomic E-state index is 0.168. The van der Waals surface area contributed by atoms with E-state index in [1.165, 1.54) is 17.0 Å². The zero-order valence-electron chi connectivity index (χ0n) is 17.3. The molecule has 1 aliphatic rings. The lowest BCUT2D eigenvalue weighted by atomic mass is 9.92. The van der Waals surface area contributed by atoms with Crippen LogP contribution in [0.1, 0.15) is 41.9 Å². The van der Waals surface area contributed by atoms with E-state index < -0.39 is 22.7 Å². The van der Waals surface area contributed by atoms with Crippen LogP contribution in [0.2, 0.25) is 5.02 Å². The van der Waals surface area contributed by atoms with Gasteiger partial charge in [0.25, 0.3) is 5.91 Å². The maximum atomic E-state index is 13.2. The molecular formula is C21H23ClF3N5O. The average molecular weight is 454 g/mol. The van der Waals surface area contributed by atoms with Gasteiger partial charge in [0.2, 0.25) is 0 Å². The molecule has 1 amide bonds. The van der Waals surface area contributed by atoms with Gasteiger partial charge in [-0.3, -0.25) is 14.9 Å². The number of carbonyl (C=O) groups is 1. The summed E-state index contributed by atoms with van der Waals surface area (Å²) in [5.41, 5.74) is 2.01. The molecule has 1 aromatic carbocycles. The molecule has 6 nitrogen and oxygen atoms in total. The molecule has 0 saturated heterocycles. The highest BCUT2D eigenvalue weighted by molar-refractivity contribution is 6.34. The summed E-state index contributed by atoms with van der Waals surface area (Å²) in [4.78, 5) is 19.3. The molecule has 166 valence electrons. The average Bonchev–Trinajstić information content (AvgIpc) is 3.25. The number of alkyl halides is 3. The molecule has 2 aromatic rings. The van der Waals surface area contributed by atoms with Gasteiger partial charge in [0.15, 0.2) is 0 Å². The van der Waals surface area contributed by atoms with Crippen molar-refractivity contribution in [2.24, 2.45) is 4.99 Å². The molecule has 1 aliphatic heterocycles. The van der Waals surface area contributed by atoms with Crippen molar-refractivity contribution >= 4 is 23.2 Å². The van der Waals surface area contributed by atoms with E-state index in [4.69, 9.17) is 11.6 Å². The molecule has 1 atom stereocenters. The summed E-state index contributed by atoms with van der Waals surface area (Å²) in [6, 6.07) is 4.92. The molecule has 0 spiro atoms. The van der Waals surface area contributed by atoms with Crippen LogP contribution in [-0.4, -0.2) is 52.9 Å². The molecule has 2 heterocycles. The number of rotatable bonds is 5. The normalized spacial score (nSPS) is 17.8. The number of likely N-dealkylation sites (N-methyl/N-ethyl adjacent to an activating group) is 1. The number of amides is 1. The van der Waals surface area contributed by atoms with E-state index in [2.05, 4.69) is 20.5 Å². The summed E-state index contributed by atoms with van der Waals surface area (Å²) in [7, 11) is 1.74. The van der Waals surface area contributed by atoms with Gasteiger partial charge in [-0.1, -0.05) is 17.7 Å². The standard InChI is InChI=1S/C21H23ClF3N5O/c1-4-27-19(16-8-9-28-29-16)14-10-12(2)30(11-17(14)26-3)20(31)13-6-5-7-15(18(13)22)21(23,24)25/h5-9,12,26H,4,10-11H2,1-3H3,(H,28,29)/b27-19+. The van der Waals surface area contributed by atoms with Crippen molar-refractivity contribution in [2.75, 3.05) is 20.1 Å². The minimum Gasteiger partial charge on any atom is -0.390 e. The highest BCUT2D eigenvalue weighted by Gasteiger charge is 2.37. The lowest BCUT2D eigenvalue weighted by molar-refractivity contribution is -0.137. The Morgan fingerprint density at radius 2 is 2.13 bits per heavy atom. The lowest BCUT2D eigenvalue weighted by Gasteiger charge is -2.37. The van der Waals surface area contributed by atoms with E-state index in [-0.39, 0.29) is 18.2 Å². The highest BCUT2D eigenvalue weighted by Crippen LogP contribution is 2.37. The number of halogens is 4. The van der Waals surface area contributed by atoms with Gasteiger partial charge in [0, 0.05) is 37.1 Å². The first kappa shape index (κ1) is 22.9. The largest absolute Gasteiger partial charge is 0.417 e. The van der Waals surface area contributed by atoms with Crippen molar-refractivity contribution in [1.29, 1.82) is 0 Å². The summed E-state index contributed by atoms with van der Waals surface area (Å²) in [5.74, 6) is -0.550. The SMILES string of the molecule is CC/N=C(\C1=C(NC)CN(C(=O)c2cccc(C(F)(F)F)c2Cl)C(C)C1)c1ccn[nH]1. The van der Waals surface area contributed by atoms with Crippen molar-refractivity contribution in [1.82, 2.24) is 20.4 Å². The fraction of sp³-hybridized carbons (Fsp3) is 0.381. The van der Waals surface area contributed by atoms with Crippen LogP contribution >= 0.6 is 11.6 Å². The maximum absolute atomic E-state index is 13.2. The van der Waals surface area contributed by atoms with Gasteiger partial charge in [-0.25, -0.2) is 0 Å². The second-order valence-electron chi connectivity index (χ2n) is 7.15. The van der Waals surface area contributed by atoms with Crippen LogP contribution in [0.4, 0.5) is 13.2 Å².